The number of hydrogen-bond donors (Lipinski definition) is 5. The van der Waals surface area contributed by atoms with Crippen LogP contribution in [0.25, 0.3) is 6.20 Å². The summed E-state index contributed by atoms with van der Waals surface area (Å²) in [5.74, 6) is -1.30. The Morgan fingerprint density at radius 3 is 2.59 bits per heavy atom. The molecule has 4 unspecified atom stereocenters. The number of aromatic nitrogens is 2. The number of nitrogens with zero attached hydrogens (tertiary/aromatic N) is 1. The van der Waals surface area contributed by atoms with Crippen LogP contribution >= 0.6 is 0 Å². The van der Waals surface area contributed by atoms with Gasteiger partial charge in [0.15, 0.2) is 0 Å². The van der Waals surface area contributed by atoms with Crippen molar-refractivity contribution in [3.63, 3.8) is 0 Å². The van der Waals surface area contributed by atoms with E-state index < -0.39 is 48.2 Å². The van der Waals surface area contributed by atoms with Gasteiger partial charge in [0.1, 0.15) is 24.4 Å². The highest BCUT2D eigenvalue weighted by atomic mass is 16.6. The molecule has 10 heteroatoms. The van der Waals surface area contributed by atoms with Crippen LogP contribution in [0, 0.1) is 0 Å². The second-order valence-corrected chi connectivity index (χ2v) is 4.66. The highest BCUT2D eigenvalue weighted by Gasteiger charge is 2.44. The topological polar surface area (TPSA) is 162 Å². The molecule has 1 aliphatic heterocycles. The van der Waals surface area contributed by atoms with Crippen LogP contribution in [0.3, 0.4) is 0 Å². The van der Waals surface area contributed by atoms with Gasteiger partial charge in [-0.05, 0) is 0 Å². The average Bonchev–Trinajstić information content (AvgIpc) is 2.74. The predicted octanol–water partition coefficient (Wildman–Crippen LogP) is -2.75. The molecule has 1 fully saturated rings. The number of aliphatic hydroxyl groups is 3. The number of carboxylic acids is 1. The first-order valence-corrected chi connectivity index (χ1v) is 6.24. The Bertz CT molecular complexity index is 706. The number of hydrogen-bond acceptors (Lipinski definition) is 7. The Morgan fingerprint density at radius 1 is 1.36 bits per heavy atom. The molecule has 1 saturated heterocycles. The van der Waals surface area contributed by atoms with Crippen molar-refractivity contribution >= 4 is 12.2 Å². The van der Waals surface area contributed by atoms with Gasteiger partial charge in [0, 0.05) is 18.5 Å². The lowest BCUT2D eigenvalue weighted by molar-refractivity contribution is -0.131. The maximum absolute atomic E-state index is 11.8. The molecule has 0 spiro atoms. The van der Waals surface area contributed by atoms with E-state index in [4.69, 9.17) is 14.9 Å². The van der Waals surface area contributed by atoms with Gasteiger partial charge in [-0.2, -0.15) is 0 Å². The molecule has 10 nitrogen and oxygen atoms in total. The Labute approximate surface area is 122 Å². The van der Waals surface area contributed by atoms with Crippen LogP contribution in [0.1, 0.15) is 11.7 Å². The van der Waals surface area contributed by atoms with E-state index in [1.807, 2.05) is 4.98 Å². The van der Waals surface area contributed by atoms with E-state index in [1.54, 1.807) is 0 Å². The second kappa shape index (κ2) is 6.23. The third kappa shape index (κ3) is 2.99. The maximum Gasteiger partial charge on any atom is 0.332 e. The summed E-state index contributed by atoms with van der Waals surface area (Å²) in [4.78, 5) is 35.8. The van der Waals surface area contributed by atoms with Gasteiger partial charge < -0.3 is 25.2 Å². The second-order valence-electron chi connectivity index (χ2n) is 4.66. The van der Waals surface area contributed by atoms with Crippen LogP contribution in [0.15, 0.2) is 21.9 Å². The van der Waals surface area contributed by atoms with Crippen molar-refractivity contribution < 1.29 is 30.0 Å². The van der Waals surface area contributed by atoms with Crippen LogP contribution in [0.2, 0.25) is 0 Å². The number of H-pyrrole nitrogens is 1. The first-order chi connectivity index (χ1) is 10.3. The van der Waals surface area contributed by atoms with Crippen LogP contribution < -0.4 is 11.2 Å². The number of carboxylic acid groups (broad SMARTS) is 1. The number of aliphatic carboxylic acids is 1. The van der Waals surface area contributed by atoms with Crippen molar-refractivity contribution in [3.05, 3.63) is 38.7 Å². The summed E-state index contributed by atoms with van der Waals surface area (Å²) >= 11 is 0. The number of aliphatic hydroxyl groups excluding tert-OH is 3. The summed E-state index contributed by atoms with van der Waals surface area (Å²) in [5, 5.41) is 37.1. The molecular weight excluding hydrogens is 300 g/mol. The Hall–Kier alpha value is -2.27. The van der Waals surface area contributed by atoms with Crippen molar-refractivity contribution in [1.29, 1.82) is 0 Å². The molecule has 0 saturated carbocycles. The molecule has 0 radical (unpaired) electrons. The van der Waals surface area contributed by atoms with Crippen LogP contribution in [0.4, 0.5) is 0 Å². The van der Waals surface area contributed by atoms with Gasteiger partial charge >= 0.3 is 11.7 Å². The zero-order valence-corrected chi connectivity index (χ0v) is 11.1. The molecule has 0 amide bonds. The molecule has 1 aliphatic rings. The third-order valence-electron chi connectivity index (χ3n) is 3.22. The highest BCUT2D eigenvalue weighted by Crippen LogP contribution is 2.31. The van der Waals surface area contributed by atoms with Gasteiger partial charge in [-0.25, -0.2) is 9.59 Å². The van der Waals surface area contributed by atoms with Crippen LogP contribution in [-0.4, -0.2) is 60.9 Å². The van der Waals surface area contributed by atoms with E-state index >= 15 is 0 Å². The summed E-state index contributed by atoms with van der Waals surface area (Å²) in [7, 11) is 0. The molecule has 0 aliphatic carbocycles. The summed E-state index contributed by atoms with van der Waals surface area (Å²) in [5.41, 5.74) is -1.91. The summed E-state index contributed by atoms with van der Waals surface area (Å²) in [6.07, 6.45) is -2.63. The van der Waals surface area contributed by atoms with Gasteiger partial charge in [-0.1, -0.05) is 0 Å². The number of ether oxygens (including phenoxy) is 1. The molecule has 2 rings (SSSR count). The Morgan fingerprint density at radius 2 is 2.05 bits per heavy atom. The van der Waals surface area contributed by atoms with Gasteiger partial charge in [-0.3, -0.25) is 14.3 Å². The molecular formula is C12H14N2O8. The summed E-state index contributed by atoms with van der Waals surface area (Å²) in [6.45, 7) is -0.564. The number of rotatable bonds is 4. The first kappa shape index (κ1) is 16.1. The van der Waals surface area contributed by atoms with Crippen LogP contribution in [0.5, 0.6) is 0 Å². The fraction of sp³-hybridized carbons (Fsp3) is 0.417. The van der Waals surface area contributed by atoms with Crippen molar-refractivity contribution in [2.24, 2.45) is 0 Å². The Kier molecular flexibility index (Phi) is 4.56. The van der Waals surface area contributed by atoms with E-state index in [1.165, 1.54) is 0 Å². The highest BCUT2D eigenvalue weighted by molar-refractivity contribution is 5.82. The monoisotopic (exact) mass is 314 g/mol. The SMILES string of the molecule is O=C(O)/C=C/n1cc(C2OC(CO)C(O)C2O)c(=O)[nH]c1=O. The largest absolute Gasteiger partial charge is 0.478 e. The number of carbonyl (C=O) groups is 1. The lowest BCUT2D eigenvalue weighted by atomic mass is 10.0. The van der Waals surface area contributed by atoms with Gasteiger partial charge in [0.25, 0.3) is 5.56 Å². The van der Waals surface area contributed by atoms with E-state index in [2.05, 4.69) is 0 Å². The fourth-order valence-electron chi connectivity index (χ4n) is 2.12. The molecule has 4 atom stereocenters. The molecule has 22 heavy (non-hydrogen) atoms. The van der Waals surface area contributed by atoms with E-state index in [0.717, 1.165) is 17.0 Å². The molecule has 0 aromatic carbocycles. The molecule has 5 N–H and O–H groups in total. The lowest BCUT2D eigenvalue weighted by Crippen LogP contribution is -2.35. The number of nitrogens with one attached hydrogen (secondary N) is 1. The van der Waals surface area contributed by atoms with Crippen LogP contribution in [-0.2, 0) is 9.53 Å². The smallest absolute Gasteiger partial charge is 0.332 e. The molecule has 0 bridgehead atoms. The normalized spacial score (nSPS) is 28.3. The zero-order valence-electron chi connectivity index (χ0n) is 11.1. The van der Waals surface area contributed by atoms with E-state index in [-0.39, 0.29) is 5.56 Å². The third-order valence-corrected chi connectivity index (χ3v) is 3.22. The summed E-state index contributed by atoms with van der Waals surface area (Å²) in [6, 6.07) is 0. The van der Waals surface area contributed by atoms with Crippen molar-refractivity contribution in [2.45, 2.75) is 24.4 Å². The van der Waals surface area contributed by atoms with Crippen molar-refractivity contribution in [2.75, 3.05) is 6.61 Å². The summed E-state index contributed by atoms with van der Waals surface area (Å²) < 4.78 is 5.99. The molecule has 1 aromatic rings. The predicted molar refractivity (Wildman–Crippen MR) is 71.0 cm³/mol. The van der Waals surface area contributed by atoms with Crippen molar-refractivity contribution in [1.82, 2.24) is 9.55 Å². The van der Waals surface area contributed by atoms with Gasteiger partial charge in [0.05, 0.1) is 12.2 Å². The van der Waals surface area contributed by atoms with Crippen molar-refractivity contribution in [3.8, 4) is 0 Å². The average molecular weight is 314 g/mol. The molecule has 1 aromatic heterocycles. The first-order valence-electron chi connectivity index (χ1n) is 6.24. The van der Waals surface area contributed by atoms with E-state index in [0.29, 0.717) is 6.08 Å². The Balaban J connectivity index is 2.44. The van der Waals surface area contributed by atoms with Gasteiger partial charge in [-0.15, -0.1) is 0 Å². The lowest BCUT2D eigenvalue weighted by Gasteiger charge is -2.14. The maximum atomic E-state index is 11.8. The zero-order chi connectivity index (χ0) is 16.4. The minimum atomic E-state index is -1.48. The minimum Gasteiger partial charge on any atom is -0.478 e. The number of aromatic amines is 1. The standard InChI is InChI=1S/C12H14N2O8/c15-4-6-8(18)9(19)10(22-6)5-3-14(2-1-7(16)17)12(21)13-11(5)20/h1-3,6,8-10,15,18-19H,4H2,(H,16,17)(H,13,20,21)/b2-1+. The molecule has 2 heterocycles. The fourth-order valence-corrected chi connectivity index (χ4v) is 2.12. The minimum absolute atomic E-state index is 0.183. The van der Waals surface area contributed by atoms with Gasteiger partial charge in [0.2, 0.25) is 0 Å². The quantitative estimate of drug-likeness (QED) is 0.373. The molecule has 120 valence electrons. The van der Waals surface area contributed by atoms with E-state index in [9.17, 15) is 24.6 Å².